The van der Waals surface area contributed by atoms with Gasteiger partial charge in [0.25, 0.3) is 10.0 Å². The third-order valence-electron chi connectivity index (χ3n) is 3.49. The summed E-state index contributed by atoms with van der Waals surface area (Å²) in [5, 5.41) is 9.19. The predicted octanol–water partition coefficient (Wildman–Crippen LogP) is 2.89. The molecule has 6 heteroatoms. The first-order valence-electron chi connectivity index (χ1n) is 7.11. The highest BCUT2D eigenvalue weighted by Crippen LogP contribution is 2.30. The van der Waals surface area contributed by atoms with E-state index in [1.807, 2.05) is 19.1 Å². The van der Waals surface area contributed by atoms with Gasteiger partial charge >= 0.3 is 5.97 Å². The Balaban J connectivity index is 2.66. The number of nitrogens with zero attached hydrogens (tertiary/aromatic N) is 1. The number of hydrogen-bond donors (Lipinski definition) is 1. The van der Waals surface area contributed by atoms with Crippen LogP contribution in [0.2, 0.25) is 0 Å². The number of benzene rings is 2. The number of carbonyl (C=O) groups is 1. The molecule has 0 aliphatic heterocycles. The molecule has 0 fully saturated rings. The molecule has 0 spiro atoms. The molecule has 0 atom stereocenters. The van der Waals surface area contributed by atoms with Crippen molar-refractivity contribution in [2.24, 2.45) is 0 Å². The maximum atomic E-state index is 12.9. The highest BCUT2D eigenvalue weighted by Gasteiger charge is 2.29. The topological polar surface area (TPSA) is 74.7 Å². The molecule has 0 aliphatic rings. The van der Waals surface area contributed by atoms with Crippen molar-refractivity contribution in [3.05, 3.63) is 59.2 Å². The number of hydrogen-bond acceptors (Lipinski definition) is 3. The van der Waals surface area contributed by atoms with E-state index >= 15 is 0 Å². The van der Waals surface area contributed by atoms with E-state index < -0.39 is 22.5 Å². The minimum atomic E-state index is -3.95. The van der Waals surface area contributed by atoms with E-state index in [2.05, 4.69) is 0 Å². The van der Waals surface area contributed by atoms with E-state index in [0.29, 0.717) is 5.69 Å². The minimum Gasteiger partial charge on any atom is -0.480 e. The van der Waals surface area contributed by atoms with Gasteiger partial charge in [-0.2, -0.15) is 0 Å². The van der Waals surface area contributed by atoms with Crippen molar-refractivity contribution < 1.29 is 18.3 Å². The number of carboxylic acid groups (broad SMARTS) is 1. The second kappa shape index (κ2) is 6.42. The Morgan fingerprint density at radius 2 is 1.57 bits per heavy atom. The van der Waals surface area contributed by atoms with E-state index in [1.54, 1.807) is 32.0 Å². The molecule has 0 bridgehead atoms. The summed E-state index contributed by atoms with van der Waals surface area (Å²) in [5.41, 5.74) is 2.87. The van der Waals surface area contributed by atoms with Gasteiger partial charge in [-0.3, -0.25) is 9.10 Å². The molecule has 0 amide bonds. The van der Waals surface area contributed by atoms with E-state index in [9.17, 15) is 18.3 Å². The zero-order valence-corrected chi connectivity index (χ0v) is 14.1. The lowest BCUT2D eigenvalue weighted by Crippen LogP contribution is -2.36. The fourth-order valence-corrected chi connectivity index (χ4v) is 4.26. The summed E-state index contributed by atoms with van der Waals surface area (Å²) in [6, 6.07) is 11.5. The van der Waals surface area contributed by atoms with E-state index in [-0.39, 0.29) is 4.90 Å². The van der Waals surface area contributed by atoms with Crippen LogP contribution in [-0.2, 0) is 14.8 Å². The van der Waals surface area contributed by atoms with E-state index in [4.69, 9.17) is 0 Å². The van der Waals surface area contributed by atoms with Gasteiger partial charge in [0, 0.05) is 0 Å². The van der Waals surface area contributed by atoms with Crippen LogP contribution in [0.1, 0.15) is 16.7 Å². The van der Waals surface area contributed by atoms with Gasteiger partial charge in [0.15, 0.2) is 0 Å². The van der Waals surface area contributed by atoms with E-state index in [0.717, 1.165) is 21.0 Å². The molecular weight excluding hydrogens is 314 g/mol. The normalized spacial score (nSPS) is 11.3. The van der Waals surface area contributed by atoms with Crippen molar-refractivity contribution in [1.29, 1.82) is 0 Å². The Kier molecular flexibility index (Phi) is 4.75. The first kappa shape index (κ1) is 17.0. The van der Waals surface area contributed by atoms with Crippen LogP contribution in [0.4, 0.5) is 5.69 Å². The minimum absolute atomic E-state index is 0.0700. The van der Waals surface area contributed by atoms with Crippen LogP contribution >= 0.6 is 0 Å². The van der Waals surface area contributed by atoms with Crippen molar-refractivity contribution in [1.82, 2.24) is 0 Å². The molecule has 0 unspecified atom stereocenters. The smallest absolute Gasteiger partial charge is 0.324 e. The Bertz CT molecular complexity index is 806. The van der Waals surface area contributed by atoms with Crippen molar-refractivity contribution >= 4 is 21.7 Å². The molecule has 0 heterocycles. The second-order valence-electron chi connectivity index (χ2n) is 5.47. The van der Waals surface area contributed by atoms with Gasteiger partial charge in [-0.1, -0.05) is 35.9 Å². The molecule has 2 aromatic rings. The lowest BCUT2D eigenvalue weighted by atomic mass is 10.1. The number of carboxylic acids is 1. The third kappa shape index (κ3) is 3.53. The van der Waals surface area contributed by atoms with Gasteiger partial charge in [-0.25, -0.2) is 8.42 Å². The summed E-state index contributed by atoms with van der Waals surface area (Å²) in [6.45, 7) is 4.86. The quantitative estimate of drug-likeness (QED) is 0.913. The lowest BCUT2D eigenvalue weighted by molar-refractivity contribution is -0.135. The number of sulfonamides is 1. The van der Waals surface area contributed by atoms with Gasteiger partial charge < -0.3 is 5.11 Å². The first-order chi connectivity index (χ1) is 10.7. The average molecular weight is 333 g/mol. The fraction of sp³-hybridized carbons (Fsp3) is 0.235. The largest absolute Gasteiger partial charge is 0.480 e. The van der Waals surface area contributed by atoms with Crippen LogP contribution in [0, 0.1) is 20.8 Å². The van der Waals surface area contributed by atoms with Crippen molar-refractivity contribution in [2.45, 2.75) is 25.7 Å². The molecule has 2 aromatic carbocycles. The number of anilines is 1. The van der Waals surface area contributed by atoms with Crippen LogP contribution in [0.25, 0.3) is 0 Å². The third-order valence-corrected chi connectivity index (χ3v) is 5.25. The van der Waals surface area contributed by atoms with Crippen molar-refractivity contribution in [2.75, 3.05) is 10.8 Å². The SMILES string of the molecule is Cc1cc(C)c(N(CC(=O)O)S(=O)(=O)c2ccccc2)c(C)c1. The fourth-order valence-electron chi connectivity index (χ4n) is 2.69. The molecule has 0 aromatic heterocycles. The van der Waals surface area contributed by atoms with Crippen molar-refractivity contribution in [3.63, 3.8) is 0 Å². The zero-order chi connectivity index (χ0) is 17.2. The van der Waals surface area contributed by atoms with Gasteiger partial charge in [0.2, 0.25) is 0 Å². The van der Waals surface area contributed by atoms with Crippen LogP contribution < -0.4 is 4.31 Å². The molecule has 5 nitrogen and oxygen atoms in total. The Labute approximate surface area is 136 Å². The standard InChI is InChI=1S/C17H19NO4S/c1-12-9-13(2)17(14(3)10-12)18(11-16(19)20)23(21,22)15-7-5-4-6-8-15/h4-10H,11H2,1-3H3,(H,19,20). The number of aliphatic carboxylic acids is 1. The van der Waals surface area contributed by atoms with Gasteiger partial charge in [0.05, 0.1) is 10.6 Å². The monoisotopic (exact) mass is 333 g/mol. The molecule has 2 rings (SSSR count). The van der Waals surface area contributed by atoms with Gasteiger partial charge in [-0.15, -0.1) is 0 Å². The summed E-state index contributed by atoms with van der Waals surface area (Å²) in [6.07, 6.45) is 0. The molecule has 0 aliphatic carbocycles. The van der Waals surface area contributed by atoms with Gasteiger partial charge in [-0.05, 0) is 44.0 Å². The van der Waals surface area contributed by atoms with Crippen LogP contribution in [-0.4, -0.2) is 26.0 Å². The maximum absolute atomic E-state index is 12.9. The Morgan fingerprint density at radius 3 is 2.04 bits per heavy atom. The molecule has 1 N–H and O–H groups in total. The van der Waals surface area contributed by atoms with E-state index in [1.165, 1.54) is 12.1 Å². The van der Waals surface area contributed by atoms with Crippen LogP contribution in [0.5, 0.6) is 0 Å². The van der Waals surface area contributed by atoms with Gasteiger partial charge in [0.1, 0.15) is 6.54 Å². The number of aryl methyl sites for hydroxylation is 3. The summed E-state index contributed by atoms with van der Waals surface area (Å²) >= 11 is 0. The predicted molar refractivity (Wildman–Crippen MR) is 89.3 cm³/mol. The molecular formula is C17H19NO4S. The highest BCUT2D eigenvalue weighted by atomic mass is 32.2. The summed E-state index contributed by atoms with van der Waals surface area (Å²) < 4.78 is 26.8. The number of rotatable bonds is 5. The molecule has 0 saturated heterocycles. The molecule has 23 heavy (non-hydrogen) atoms. The van der Waals surface area contributed by atoms with Crippen molar-refractivity contribution in [3.8, 4) is 0 Å². The molecule has 0 radical (unpaired) electrons. The first-order valence-corrected chi connectivity index (χ1v) is 8.55. The summed E-state index contributed by atoms with van der Waals surface area (Å²) in [4.78, 5) is 11.3. The second-order valence-corrected chi connectivity index (χ2v) is 7.33. The highest BCUT2D eigenvalue weighted by molar-refractivity contribution is 7.92. The van der Waals surface area contributed by atoms with Crippen LogP contribution in [0.15, 0.2) is 47.4 Å². The van der Waals surface area contributed by atoms with Crippen LogP contribution in [0.3, 0.4) is 0 Å². The summed E-state index contributed by atoms with van der Waals surface area (Å²) in [5.74, 6) is -1.20. The lowest BCUT2D eigenvalue weighted by Gasteiger charge is -2.26. The maximum Gasteiger partial charge on any atom is 0.324 e. The zero-order valence-electron chi connectivity index (χ0n) is 13.3. The molecule has 0 saturated carbocycles. The Morgan fingerprint density at radius 1 is 1.04 bits per heavy atom. The average Bonchev–Trinajstić information content (AvgIpc) is 2.45. The summed E-state index contributed by atoms with van der Waals surface area (Å²) in [7, 11) is -3.95. The molecule has 122 valence electrons. The Hall–Kier alpha value is -2.34.